The lowest BCUT2D eigenvalue weighted by Gasteiger charge is -2.07. The van der Waals surface area contributed by atoms with E-state index in [0.717, 1.165) is 5.56 Å². The molecule has 0 aromatic heterocycles. The Morgan fingerprint density at radius 2 is 1.83 bits per heavy atom. The molecule has 0 radical (unpaired) electrons. The Morgan fingerprint density at radius 1 is 1.03 bits per heavy atom. The number of methoxy groups -OCH3 is 1. The lowest BCUT2D eigenvalue weighted by Crippen LogP contribution is -2.11. The SMILES string of the molecule is COc1cccc(/C=C2\Oc3cc(OCC(=O)c4ccc(Cl)cc4)ccc3C2=O)c1. The minimum atomic E-state index is -0.211. The quantitative estimate of drug-likeness (QED) is 0.404. The number of benzene rings is 3. The van der Waals surface area contributed by atoms with Crippen LogP contribution in [0.2, 0.25) is 5.02 Å². The van der Waals surface area contributed by atoms with E-state index >= 15 is 0 Å². The van der Waals surface area contributed by atoms with Crippen LogP contribution >= 0.6 is 11.6 Å². The van der Waals surface area contributed by atoms with Gasteiger partial charge in [-0.2, -0.15) is 0 Å². The standard InChI is InChI=1S/C24H17ClO5/c1-28-18-4-2-3-15(11-18)12-23-24(27)20-10-9-19(13-22(20)30-23)29-14-21(26)16-5-7-17(25)8-6-16/h2-13H,14H2,1H3/b23-12-. The Morgan fingerprint density at radius 3 is 2.60 bits per heavy atom. The second kappa shape index (κ2) is 8.43. The fourth-order valence-corrected chi connectivity index (χ4v) is 3.13. The molecule has 150 valence electrons. The van der Waals surface area contributed by atoms with Crippen LogP contribution in [-0.2, 0) is 0 Å². The van der Waals surface area contributed by atoms with Crippen LogP contribution in [0.15, 0.2) is 72.5 Å². The summed E-state index contributed by atoms with van der Waals surface area (Å²) in [5.41, 5.74) is 1.74. The predicted molar refractivity (Wildman–Crippen MR) is 114 cm³/mol. The Balaban J connectivity index is 1.47. The Labute approximate surface area is 178 Å². The largest absolute Gasteiger partial charge is 0.497 e. The average molecular weight is 421 g/mol. The van der Waals surface area contributed by atoms with E-state index in [1.165, 1.54) is 0 Å². The van der Waals surface area contributed by atoms with Crippen LogP contribution in [0, 0.1) is 0 Å². The van der Waals surface area contributed by atoms with E-state index in [1.807, 2.05) is 24.3 Å². The van der Waals surface area contributed by atoms with Crippen LogP contribution in [0.5, 0.6) is 17.2 Å². The molecule has 0 fully saturated rings. The molecule has 1 aliphatic rings. The van der Waals surface area contributed by atoms with Crippen molar-refractivity contribution >= 4 is 29.2 Å². The molecular formula is C24H17ClO5. The first kappa shape index (κ1) is 19.7. The highest BCUT2D eigenvalue weighted by Gasteiger charge is 2.27. The maximum Gasteiger partial charge on any atom is 0.231 e. The van der Waals surface area contributed by atoms with Gasteiger partial charge in [-0.15, -0.1) is 0 Å². The number of Topliss-reactive ketones (excluding diaryl/α,β-unsaturated/α-hetero) is 2. The van der Waals surface area contributed by atoms with Crippen LogP contribution < -0.4 is 14.2 Å². The first-order chi connectivity index (χ1) is 14.5. The van der Waals surface area contributed by atoms with E-state index in [9.17, 15) is 9.59 Å². The van der Waals surface area contributed by atoms with Crippen LogP contribution in [0.25, 0.3) is 6.08 Å². The fraction of sp³-hybridized carbons (Fsp3) is 0.0833. The second-order valence-corrected chi connectivity index (χ2v) is 7.03. The van der Waals surface area contributed by atoms with Gasteiger partial charge in [0.1, 0.15) is 17.2 Å². The molecule has 0 aliphatic carbocycles. The van der Waals surface area contributed by atoms with Crippen molar-refractivity contribution in [3.05, 3.63) is 94.2 Å². The van der Waals surface area contributed by atoms with Gasteiger partial charge in [-0.05, 0) is 60.2 Å². The third-order valence-corrected chi connectivity index (χ3v) is 4.82. The molecule has 0 saturated carbocycles. The normalized spacial score (nSPS) is 13.7. The van der Waals surface area contributed by atoms with Crippen LogP contribution in [-0.4, -0.2) is 25.3 Å². The molecule has 4 rings (SSSR count). The molecule has 1 heterocycles. The number of ether oxygens (including phenoxy) is 3. The first-order valence-corrected chi connectivity index (χ1v) is 9.55. The number of carbonyl (C=O) groups is 2. The van der Waals surface area contributed by atoms with Crippen molar-refractivity contribution in [3.63, 3.8) is 0 Å². The Bertz CT molecular complexity index is 1150. The van der Waals surface area contributed by atoms with Crippen LogP contribution in [0.1, 0.15) is 26.3 Å². The predicted octanol–water partition coefficient (Wildman–Crippen LogP) is 5.23. The minimum Gasteiger partial charge on any atom is -0.497 e. The molecule has 0 bridgehead atoms. The van der Waals surface area contributed by atoms with Gasteiger partial charge in [0.05, 0.1) is 12.7 Å². The van der Waals surface area contributed by atoms with Crippen LogP contribution in [0.3, 0.4) is 0 Å². The molecule has 0 unspecified atom stereocenters. The van der Waals surface area contributed by atoms with E-state index in [4.69, 9.17) is 25.8 Å². The van der Waals surface area contributed by atoms with Crippen molar-refractivity contribution < 1.29 is 23.8 Å². The van der Waals surface area contributed by atoms with Gasteiger partial charge in [0.25, 0.3) is 0 Å². The van der Waals surface area contributed by atoms with Gasteiger partial charge in [0, 0.05) is 16.7 Å². The molecule has 3 aromatic rings. The van der Waals surface area contributed by atoms with Gasteiger partial charge < -0.3 is 14.2 Å². The molecule has 3 aromatic carbocycles. The molecule has 0 amide bonds. The Kier molecular flexibility index (Phi) is 5.55. The zero-order chi connectivity index (χ0) is 21.1. The van der Waals surface area contributed by atoms with Crippen molar-refractivity contribution in [1.29, 1.82) is 0 Å². The van der Waals surface area contributed by atoms with Gasteiger partial charge in [0.2, 0.25) is 5.78 Å². The molecule has 6 heteroatoms. The highest BCUT2D eigenvalue weighted by molar-refractivity contribution is 6.30. The van der Waals surface area contributed by atoms with Crippen molar-refractivity contribution in [2.24, 2.45) is 0 Å². The number of allylic oxidation sites excluding steroid dienone is 1. The smallest absolute Gasteiger partial charge is 0.231 e. The lowest BCUT2D eigenvalue weighted by atomic mass is 10.1. The fourth-order valence-electron chi connectivity index (χ4n) is 3.01. The summed E-state index contributed by atoms with van der Waals surface area (Å²) in [6, 6.07) is 18.8. The zero-order valence-electron chi connectivity index (χ0n) is 16.1. The second-order valence-electron chi connectivity index (χ2n) is 6.59. The highest BCUT2D eigenvalue weighted by Crippen LogP contribution is 2.35. The summed E-state index contributed by atoms with van der Waals surface area (Å²) in [6.07, 6.45) is 1.66. The summed E-state index contributed by atoms with van der Waals surface area (Å²) >= 11 is 5.84. The van der Waals surface area contributed by atoms with Gasteiger partial charge in [-0.25, -0.2) is 0 Å². The number of carbonyl (C=O) groups excluding carboxylic acids is 2. The summed E-state index contributed by atoms with van der Waals surface area (Å²) < 4.78 is 16.5. The van der Waals surface area contributed by atoms with Gasteiger partial charge in [0.15, 0.2) is 18.1 Å². The summed E-state index contributed by atoms with van der Waals surface area (Å²) in [7, 11) is 1.58. The average Bonchev–Trinajstić information content (AvgIpc) is 3.07. The number of hydrogen-bond acceptors (Lipinski definition) is 5. The zero-order valence-corrected chi connectivity index (χ0v) is 16.8. The number of hydrogen-bond donors (Lipinski definition) is 0. The number of rotatable bonds is 6. The number of ketones is 2. The summed E-state index contributed by atoms with van der Waals surface area (Å²) in [5.74, 6) is 1.34. The van der Waals surface area contributed by atoms with E-state index < -0.39 is 0 Å². The molecule has 0 atom stereocenters. The minimum absolute atomic E-state index is 0.138. The summed E-state index contributed by atoms with van der Waals surface area (Å²) in [6.45, 7) is -0.138. The number of fused-ring (bicyclic) bond motifs is 1. The maximum atomic E-state index is 12.6. The summed E-state index contributed by atoms with van der Waals surface area (Å²) in [4.78, 5) is 24.9. The molecule has 30 heavy (non-hydrogen) atoms. The molecule has 5 nitrogen and oxygen atoms in total. The van der Waals surface area contributed by atoms with Crippen LogP contribution in [0.4, 0.5) is 0 Å². The molecule has 1 aliphatic heterocycles. The van der Waals surface area contributed by atoms with E-state index in [1.54, 1.807) is 55.7 Å². The monoisotopic (exact) mass is 420 g/mol. The third-order valence-electron chi connectivity index (χ3n) is 4.57. The van der Waals surface area contributed by atoms with E-state index in [0.29, 0.717) is 33.4 Å². The topological polar surface area (TPSA) is 61.8 Å². The summed E-state index contributed by atoms with van der Waals surface area (Å²) in [5, 5.41) is 0.561. The number of halogens is 1. The Hall–Kier alpha value is -3.57. The van der Waals surface area contributed by atoms with Crippen molar-refractivity contribution in [1.82, 2.24) is 0 Å². The molecule has 0 saturated heterocycles. The van der Waals surface area contributed by atoms with E-state index in [2.05, 4.69) is 0 Å². The molecule has 0 spiro atoms. The van der Waals surface area contributed by atoms with Gasteiger partial charge in [-0.3, -0.25) is 9.59 Å². The van der Waals surface area contributed by atoms with Crippen molar-refractivity contribution in [3.8, 4) is 17.2 Å². The highest BCUT2D eigenvalue weighted by atomic mass is 35.5. The maximum absolute atomic E-state index is 12.6. The molecular weight excluding hydrogens is 404 g/mol. The van der Waals surface area contributed by atoms with Gasteiger partial charge in [-0.1, -0.05) is 23.7 Å². The van der Waals surface area contributed by atoms with Crippen molar-refractivity contribution in [2.75, 3.05) is 13.7 Å². The van der Waals surface area contributed by atoms with Crippen molar-refractivity contribution in [2.45, 2.75) is 0 Å². The van der Waals surface area contributed by atoms with Gasteiger partial charge >= 0.3 is 0 Å². The molecule has 0 N–H and O–H groups in total. The lowest BCUT2D eigenvalue weighted by molar-refractivity contribution is 0.0921. The third kappa shape index (κ3) is 4.21. The van der Waals surface area contributed by atoms with E-state index in [-0.39, 0.29) is 23.9 Å². The first-order valence-electron chi connectivity index (χ1n) is 9.17.